The minimum absolute atomic E-state index is 0.134. The first kappa shape index (κ1) is 15.7. The normalized spacial score (nSPS) is 9.65. The lowest BCUT2D eigenvalue weighted by atomic mass is 10.1. The van der Waals surface area contributed by atoms with Crippen LogP contribution in [0.4, 0.5) is 5.69 Å². The Morgan fingerprint density at radius 2 is 2.10 bits per heavy atom. The van der Waals surface area contributed by atoms with E-state index in [1.165, 1.54) is 0 Å². The Bertz CT molecular complexity index is 532. The molecule has 1 aromatic carbocycles. The maximum Gasteiger partial charge on any atom is 0.251 e. The van der Waals surface area contributed by atoms with Gasteiger partial charge in [-0.2, -0.15) is 0 Å². The third-order valence-corrected chi connectivity index (χ3v) is 2.62. The van der Waals surface area contributed by atoms with Crippen molar-refractivity contribution >= 4 is 17.5 Å². The maximum absolute atomic E-state index is 11.7. The summed E-state index contributed by atoms with van der Waals surface area (Å²) in [6.07, 6.45) is 5.08. The van der Waals surface area contributed by atoms with Crippen LogP contribution in [-0.2, 0) is 4.79 Å². The standard InChI is InChI=1S/C15H19N3O2/c1-4-8-16-10-14(19)18-13-9-12(7-6-11(13)3)15(20)17-5-2/h1,6-7,9,16H,5,8,10H2,2-3H3,(H,17,20)(H,18,19). The fourth-order valence-corrected chi connectivity index (χ4v) is 1.60. The number of amides is 2. The molecule has 1 aromatic rings. The molecule has 0 atom stereocenters. The second kappa shape index (κ2) is 7.97. The fourth-order valence-electron chi connectivity index (χ4n) is 1.60. The van der Waals surface area contributed by atoms with Gasteiger partial charge < -0.3 is 10.6 Å². The molecule has 0 unspecified atom stereocenters. The first-order chi connectivity index (χ1) is 9.58. The number of benzene rings is 1. The highest BCUT2D eigenvalue weighted by Gasteiger charge is 2.09. The second-order valence-electron chi connectivity index (χ2n) is 4.25. The third kappa shape index (κ3) is 4.75. The summed E-state index contributed by atoms with van der Waals surface area (Å²) in [6, 6.07) is 5.20. The van der Waals surface area contributed by atoms with Crippen molar-refractivity contribution in [1.82, 2.24) is 10.6 Å². The Morgan fingerprint density at radius 1 is 1.35 bits per heavy atom. The molecule has 0 aromatic heterocycles. The van der Waals surface area contributed by atoms with Crippen molar-refractivity contribution < 1.29 is 9.59 Å². The highest BCUT2D eigenvalue weighted by molar-refractivity contribution is 5.98. The summed E-state index contributed by atoms with van der Waals surface area (Å²) in [5, 5.41) is 8.28. The minimum Gasteiger partial charge on any atom is -0.352 e. The molecule has 0 radical (unpaired) electrons. The Hall–Kier alpha value is -2.32. The summed E-state index contributed by atoms with van der Waals surface area (Å²) in [4.78, 5) is 23.5. The average Bonchev–Trinajstić information content (AvgIpc) is 2.42. The van der Waals surface area contributed by atoms with Gasteiger partial charge in [0.15, 0.2) is 0 Å². The summed E-state index contributed by atoms with van der Waals surface area (Å²) in [7, 11) is 0. The molecule has 0 aliphatic heterocycles. The van der Waals surface area contributed by atoms with Gasteiger partial charge in [0, 0.05) is 17.8 Å². The molecule has 0 aliphatic carbocycles. The summed E-state index contributed by atoms with van der Waals surface area (Å²) >= 11 is 0. The highest BCUT2D eigenvalue weighted by atomic mass is 16.2. The molecule has 3 N–H and O–H groups in total. The number of terminal acetylenes is 1. The second-order valence-corrected chi connectivity index (χ2v) is 4.25. The van der Waals surface area contributed by atoms with E-state index in [2.05, 4.69) is 21.9 Å². The molecule has 2 amide bonds. The zero-order valence-electron chi connectivity index (χ0n) is 11.7. The predicted octanol–water partition coefficient (Wildman–Crippen LogP) is 0.906. The van der Waals surface area contributed by atoms with Gasteiger partial charge in [0.25, 0.3) is 5.91 Å². The van der Waals surface area contributed by atoms with E-state index in [4.69, 9.17) is 6.42 Å². The van der Waals surface area contributed by atoms with Gasteiger partial charge in [-0.25, -0.2) is 0 Å². The highest BCUT2D eigenvalue weighted by Crippen LogP contribution is 2.16. The van der Waals surface area contributed by atoms with Crippen LogP contribution in [-0.4, -0.2) is 31.4 Å². The number of anilines is 1. The van der Waals surface area contributed by atoms with Gasteiger partial charge in [-0.05, 0) is 31.5 Å². The van der Waals surface area contributed by atoms with Crippen LogP contribution in [0.2, 0.25) is 0 Å². The number of hydrogen-bond acceptors (Lipinski definition) is 3. The van der Waals surface area contributed by atoms with Crippen molar-refractivity contribution in [1.29, 1.82) is 0 Å². The molecule has 106 valence electrons. The summed E-state index contributed by atoms with van der Waals surface area (Å²) in [5.74, 6) is 2.04. The van der Waals surface area contributed by atoms with Crippen molar-refractivity contribution in [3.05, 3.63) is 29.3 Å². The molecule has 0 saturated carbocycles. The Balaban J connectivity index is 2.74. The molecule has 20 heavy (non-hydrogen) atoms. The number of nitrogens with one attached hydrogen (secondary N) is 3. The summed E-state index contributed by atoms with van der Waals surface area (Å²) in [5.41, 5.74) is 2.04. The molecule has 0 heterocycles. The molecule has 5 nitrogen and oxygen atoms in total. The largest absolute Gasteiger partial charge is 0.352 e. The number of aryl methyl sites for hydroxylation is 1. The van der Waals surface area contributed by atoms with Crippen LogP contribution in [0.25, 0.3) is 0 Å². The zero-order valence-corrected chi connectivity index (χ0v) is 11.7. The molecule has 0 aliphatic rings. The monoisotopic (exact) mass is 273 g/mol. The van der Waals surface area contributed by atoms with Crippen LogP contribution in [0.3, 0.4) is 0 Å². The fraction of sp³-hybridized carbons (Fsp3) is 0.333. The SMILES string of the molecule is C#CCNCC(=O)Nc1cc(C(=O)NCC)ccc1C. The Labute approximate surface area is 119 Å². The minimum atomic E-state index is -0.198. The lowest BCUT2D eigenvalue weighted by molar-refractivity contribution is -0.115. The van der Waals surface area contributed by atoms with Gasteiger partial charge in [-0.1, -0.05) is 12.0 Å². The Morgan fingerprint density at radius 3 is 2.75 bits per heavy atom. The number of rotatable bonds is 6. The van der Waals surface area contributed by atoms with E-state index in [0.717, 1.165) is 5.56 Å². The number of carbonyl (C=O) groups excluding carboxylic acids is 2. The van der Waals surface area contributed by atoms with Crippen LogP contribution >= 0.6 is 0 Å². The van der Waals surface area contributed by atoms with E-state index >= 15 is 0 Å². The topological polar surface area (TPSA) is 70.2 Å². The first-order valence-corrected chi connectivity index (χ1v) is 6.41. The average molecular weight is 273 g/mol. The van der Waals surface area contributed by atoms with Crippen LogP contribution in [0.5, 0.6) is 0 Å². The van der Waals surface area contributed by atoms with E-state index in [9.17, 15) is 9.59 Å². The van der Waals surface area contributed by atoms with Crippen LogP contribution < -0.4 is 16.0 Å². The van der Waals surface area contributed by atoms with Crippen LogP contribution in [0, 0.1) is 19.3 Å². The first-order valence-electron chi connectivity index (χ1n) is 6.41. The smallest absolute Gasteiger partial charge is 0.251 e. The van der Waals surface area contributed by atoms with E-state index in [1.807, 2.05) is 13.8 Å². The molecule has 0 bridgehead atoms. The summed E-state index contributed by atoms with van der Waals surface area (Å²) < 4.78 is 0. The van der Waals surface area contributed by atoms with E-state index < -0.39 is 0 Å². The maximum atomic E-state index is 11.7. The quantitative estimate of drug-likeness (QED) is 0.533. The zero-order chi connectivity index (χ0) is 15.0. The Kier molecular flexibility index (Phi) is 6.27. The van der Waals surface area contributed by atoms with E-state index in [-0.39, 0.29) is 18.4 Å². The molecule has 0 fully saturated rings. The predicted molar refractivity (Wildman–Crippen MR) is 79.5 cm³/mol. The number of hydrogen-bond donors (Lipinski definition) is 3. The molecule has 1 rings (SSSR count). The van der Waals surface area contributed by atoms with Crippen molar-refractivity contribution in [3.63, 3.8) is 0 Å². The molecule has 0 saturated heterocycles. The van der Waals surface area contributed by atoms with Crippen molar-refractivity contribution in [3.8, 4) is 12.3 Å². The molecule has 0 spiro atoms. The molecular weight excluding hydrogens is 254 g/mol. The lowest BCUT2D eigenvalue weighted by Crippen LogP contribution is -2.28. The molecular formula is C15H19N3O2. The van der Waals surface area contributed by atoms with Crippen molar-refractivity contribution in [2.45, 2.75) is 13.8 Å². The molecule has 5 heteroatoms. The van der Waals surface area contributed by atoms with E-state index in [0.29, 0.717) is 24.3 Å². The van der Waals surface area contributed by atoms with Crippen molar-refractivity contribution in [2.75, 3.05) is 25.0 Å². The third-order valence-electron chi connectivity index (χ3n) is 2.62. The van der Waals surface area contributed by atoms with Gasteiger partial charge in [-0.15, -0.1) is 6.42 Å². The van der Waals surface area contributed by atoms with Gasteiger partial charge in [0.2, 0.25) is 5.91 Å². The van der Waals surface area contributed by atoms with Crippen LogP contribution in [0.1, 0.15) is 22.8 Å². The lowest BCUT2D eigenvalue weighted by Gasteiger charge is -2.10. The van der Waals surface area contributed by atoms with Gasteiger partial charge in [-0.3, -0.25) is 14.9 Å². The number of carbonyl (C=O) groups is 2. The van der Waals surface area contributed by atoms with Crippen LogP contribution in [0.15, 0.2) is 18.2 Å². The van der Waals surface area contributed by atoms with Gasteiger partial charge in [0.1, 0.15) is 0 Å². The van der Waals surface area contributed by atoms with Crippen molar-refractivity contribution in [2.24, 2.45) is 0 Å². The summed E-state index contributed by atoms with van der Waals surface area (Å²) in [6.45, 7) is 4.75. The van der Waals surface area contributed by atoms with Gasteiger partial charge >= 0.3 is 0 Å². The van der Waals surface area contributed by atoms with Gasteiger partial charge in [0.05, 0.1) is 13.1 Å². The van der Waals surface area contributed by atoms with E-state index in [1.54, 1.807) is 18.2 Å².